The third kappa shape index (κ3) is 7.70. The molecule has 1 heteroatoms. The van der Waals surface area contributed by atoms with Crippen LogP contribution in [0.5, 0.6) is 0 Å². The van der Waals surface area contributed by atoms with Crippen molar-refractivity contribution >= 4 is 0 Å². The SMILES string of the molecule is [CH2]CCCCC=CCO. The smallest absolute Gasteiger partial charge is 0.0612 e. The molecule has 0 unspecified atom stereocenters. The lowest BCUT2D eigenvalue weighted by molar-refractivity contribution is 0.342. The number of rotatable bonds is 5. The highest BCUT2D eigenvalue weighted by Gasteiger charge is 1.79. The first-order chi connectivity index (χ1) is 4.41. The third-order valence-electron chi connectivity index (χ3n) is 1.14. The zero-order valence-corrected chi connectivity index (χ0v) is 5.84. The molecule has 0 aromatic rings. The molecule has 0 aliphatic carbocycles. The largest absolute Gasteiger partial charge is 0.392 e. The van der Waals surface area contributed by atoms with Gasteiger partial charge in [0.15, 0.2) is 0 Å². The highest BCUT2D eigenvalue weighted by atomic mass is 16.2. The summed E-state index contributed by atoms with van der Waals surface area (Å²) in [5, 5.41) is 8.32. The van der Waals surface area contributed by atoms with E-state index in [-0.39, 0.29) is 6.61 Å². The topological polar surface area (TPSA) is 20.2 Å². The van der Waals surface area contributed by atoms with Crippen LogP contribution in [0.25, 0.3) is 0 Å². The van der Waals surface area contributed by atoms with E-state index in [9.17, 15) is 0 Å². The Labute approximate surface area is 57.4 Å². The number of allylic oxidation sites excluding steroid dienone is 1. The molecule has 9 heavy (non-hydrogen) atoms. The molecule has 0 heterocycles. The monoisotopic (exact) mass is 127 g/mol. The average Bonchev–Trinajstić information content (AvgIpc) is 1.89. The van der Waals surface area contributed by atoms with Gasteiger partial charge in [-0.2, -0.15) is 0 Å². The number of unbranched alkanes of at least 4 members (excludes halogenated alkanes) is 3. The number of aliphatic hydroxyl groups is 1. The van der Waals surface area contributed by atoms with Crippen LogP contribution in [0.1, 0.15) is 25.7 Å². The van der Waals surface area contributed by atoms with Crippen molar-refractivity contribution in [2.24, 2.45) is 0 Å². The van der Waals surface area contributed by atoms with E-state index in [4.69, 9.17) is 5.11 Å². The molecule has 0 saturated carbocycles. The van der Waals surface area contributed by atoms with Crippen LogP contribution < -0.4 is 0 Å². The summed E-state index contributed by atoms with van der Waals surface area (Å²) in [5.74, 6) is 0. The Morgan fingerprint density at radius 1 is 1.22 bits per heavy atom. The van der Waals surface area contributed by atoms with Gasteiger partial charge < -0.3 is 5.11 Å². The lowest BCUT2D eigenvalue weighted by Gasteiger charge is -1.89. The Kier molecular flexibility index (Phi) is 7.44. The molecule has 0 spiro atoms. The molecule has 0 bridgehead atoms. The molecule has 0 fully saturated rings. The number of hydrogen-bond donors (Lipinski definition) is 1. The molecule has 1 nitrogen and oxygen atoms in total. The average molecular weight is 127 g/mol. The molecule has 0 amide bonds. The normalized spacial score (nSPS) is 10.9. The third-order valence-corrected chi connectivity index (χ3v) is 1.14. The van der Waals surface area contributed by atoms with Crippen LogP contribution in [0.2, 0.25) is 0 Å². The minimum absolute atomic E-state index is 0.171. The summed E-state index contributed by atoms with van der Waals surface area (Å²) in [6.07, 6.45) is 8.28. The molecule has 0 saturated heterocycles. The van der Waals surface area contributed by atoms with Crippen LogP contribution in [0.15, 0.2) is 12.2 Å². The molecule has 1 N–H and O–H groups in total. The van der Waals surface area contributed by atoms with Crippen LogP contribution >= 0.6 is 0 Å². The fourth-order valence-electron chi connectivity index (χ4n) is 0.631. The molecule has 53 valence electrons. The summed E-state index contributed by atoms with van der Waals surface area (Å²) in [4.78, 5) is 0. The Balaban J connectivity index is 2.82. The van der Waals surface area contributed by atoms with Gasteiger partial charge in [-0.05, 0) is 12.8 Å². The van der Waals surface area contributed by atoms with E-state index in [0.717, 1.165) is 12.8 Å². The van der Waals surface area contributed by atoms with Gasteiger partial charge in [-0.1, -0.05) is 31.9 Å². The summed E-state index contributed by atoms with van der Waals surface area (Å²) in [6.45, 7) is 3.90. The summed E-state index contributed by atoms with van der Waals surface area (Å²) in [5.41, 5.74) is 0. The van der Waals surface area contributed by atoms with Crippen molar-refractivity contribution in [2.45, 2.75) is 25.7 Å². The maximum Gasteiger partial charge on any atom is 0.0612 e. The summed E-state index contributed by atoms with van der Waals surface area (Å²) >= 11 is 0. The lowest BCUT2D eigenvalue weighted by atomic mass is 10.2. The maximum absolute atomic E-state index is 8.32. The van der Waals surface area contributed by atoms with Gasteiger partial charge in [0.2, 0.25) is 0 Å². The van der Waals surface area contributed by atoms with Crippen molar-refractivity contribution in [1.82, 2.24) is 0 Å². The first-order valence-electron chi connectivity index (χ1n) is 3.47. The van der Waals surface area contributed by atoms with Gasteiger partial charge in [-0.25, -0.2) is 0 Å². The number of aliphatic hydroxyl groups excluding tert-OH is 1. The molecular formula is C8H15O. The molecule has 0 aliphatic rings. The van der Waals surface area contributed by atoms with Gasteiger partial charge >= 0.3 is 0 Å². The van der Waals surface area contributed by atoms with Crippen molar-refractivity contribution in [3.8, 4) is 0 Å². The van der Waals surface area contributed by atoms with Crippen LogP contribution in [-0.2, 0) is 0 Å². The zero-order valence-electron chi connectivity index (χ0n) is 5.84. The van der Waals surface area contributed by atoms with E-state index in [2.05, 4.69) is 6.92 Å². The standard InChI is InChI=1S/C8H15O/c1-2-3-4-5-6-7-8-9/h6-7,9H,1-5,8H2. The van der Waals surface area contributed by atoms with Gasteiger partial charge in [0.1, 0.15) is 0 Å². The van der Waals surface area contributed by atoms with Crippen molar-refractivity contribution in [3.05, 3.63) is 19.1 Å². The molecule has 0 aromatic heterocycles. The van der Waals surface area contributed by atoms with Crippen LogP contribution in [0, 0.1) is 6.92 Å². The highest BCUT2D eigenvalue weighted by molar-refractivity contribution is 4.80. The Morgan fingerprint density at radius 3 is 2.56 bits per heavy atom. The fourth-order valence-corrected chi connectivity index (χ4v) is 0.631. The predicted octanol–water partition coefficient (Wildman–Crippen LogP) is 1.93. The highest BCUT2D eigenvalue weighted by Crippen LogP contribution is 1.98. The second kappa shape index (κ2) is 7.70. The minimum Gasteiger partial charge on any atom is -0.392 e. The Morgan fingerprint density at radius 2 is 2.00 bits per heavy atom. The first kappa shape index (κ1) is 8.70. The molecule has 0 rings (SSSR count). The maximum atomic E-state index is 8.32. The van der Waals surface area contributed by atoms with Crippen molar-refractivity contribution < 1.29 is 5.11 Å². The lowest BCUT2D eigenvalue weighted by Crippen LogP contribution is -1.73. The van der Waals surface area contributed by atoms with Gasteiger partial charge in [-0.3, -0.25) is 0 Å². The molecule has 0 aliphatic heterocycles. The van der Waals surface area contributed by atoms with Crippen LogP contribution in [0.4, 0.5) is 0 Å². The molecule has 1 radical (unpaired) electrons. The van der Waals surface area contributed by atoms with E-state index in [1.54, 1.807) is 6.08 Å². The van der Waals surface area contributed by atoms with Gasteiger partial charge in [0.05, 0.1) is 6.61 Å². The van der Waals surface area contributed by atoms with E-state index in [0.29, 0.717) is 0 Å². The quantitative estimate of drug-likeness (QED) is 0.442. The summed E-state index contributed by atoms with van der Waals surface area (Å²) < 4.78 is 0. The minimum atomic E-state index is 0.171. The first-order valence-corrected chi connectivity index (χ1v) is 3.47. The predicted molar refractivity (Wildman–Crippen MR) is 40.1 cm³/mol. The molecule has 0 aromatic carbocycles. The molecular weight excluding hydrogens is 112 g/mol. The van der Waals surface area contributed by atoms with Crippen molar-refractivity contribution in [2.75, 3.05) is 6.61 Å². The second-order valence-corrected chi connectivity index (χ2v) is 2.00. The van der Waals surface area contributed by atoms with Crippen molar-refractivity contribution in [1.29, 1.82) is 0 Å². The Bertz CT molecular complexity index is 67.0. The van der Waals surface area contributed by atoms with E-state index in [1.165, 1.54) is 12.8 Å². The van der Waals surface area contributed by atoms with Crippen LogP contribution in [-0.4, -0.2) is 11.7 Å². The van der Waals surface area contributed by atoms with Crippen molar-refractivity contribution in [3.63, 3.8) is 0 Å². The second-order valence-electron chi connectivity index (χ2n) is 2.00. The fraction of sp³-hybridized carbons (Fsp3) is 0.625. The zero-order chi connectivity index (χ0) is 6.95. The van der Waals surface area contributed by atoms with Gasteiger partial charge in [0, 0.05) is 0 Å². The number of hydrogen-bond acceptors (Lipinski definition) is 1. The van der Waals surface area contributed by atoms with E-state index < -0.39 is 0 Å². The van der Waals surface area contributed by atoms with Gasteiger partial charge in [0.25, 0.3) is 0 Å². The van der Waals surface area contributed by atoms with E-state index >= 15 is 0 Å². The summed E-state index contributed by atoms with van der Waals surface area (Å²) in [6, 6.07) is 0. The molecule has 0 atom stereocenters. The Hall–Kier alpha value is -0.300. The van der Waals surface area contributed by atoms with Crippen LogP contribution in [0.3, 0.4) is 0 Å². The van der Waals surface area contributed by atoms with Gasteiger partial charge in [-0.15, -0.1) is 0 Å². The summed E-state index contributed by atoms with van der Waals surface area (Å²) in [7, 11) is 0. The van der Waals surface area contributed by atoms with E-state index in [1.807, 2.05) is 6.08 Å².